The second-order valence-electron chi connectivity index (χ2n) is 5.85. The quantitative estimate of drug-likeness (QED) is 0.492. The number of benzene rings is 1. The minimum absolute atomic E-state index is 0.279. The van der Waals surface area contributed by atoms with Crippen molar-refractivity contribution in [1.82, 2.24) is 0 Å². The monoisotopic (exact) mass is 271 g/mol. The molecule has 0 bridgehead atoms. The molecule has 1 rings (SSSR count). The van der Waals surface area contributed by atoms with E-state index in [1.54, 1.807) is 0 Å². The van der Waals surface area contributed by atoms with E-state index < -0.39 is 0 Å². The Morgan fingerprint density at radius 3 is 2.50 bits per heavy atom. The number of allylic oxidation sites excluding steroid dienone is 1. The maximum Gasteiger partial charge on any atom is 0.0694 e. The zero-order valence-corrected chi connectivity index (χ0v) is 13.6. The summed E-state index contributed by atoms with van der Waals surface area (Å²) in [5, 5.41) is 0. The average Bonchev–Trinajstić information content (AvgIpc) is 2.46. The van der Waals surface area contributed by atoms with Gasteiger partial charge in [0.05, 0.1) is 5.69 Å². The van der Waals surface area contributed by atoms with E-state index in [1.165, 1.54) is 43.2 Å². The summed E-state index contributed by atoms with van der Waals surface area (Å²) in [5.41, 5.74) is 3.87. The van der Waals surface area contributed by atoms with E-state index >= 15 is 0 Å². The number of rotatable bonds is 8. The van der Waals surface area contributed by atoms with Gasteiger partial charge in [0, 0.05) is 5.56 Å². The molecule has 0 saturated carbocycles. The van der Waals surface area contributed by atoms with Crippen LogP contribution in [0.1, 0.15) is 70.9 Å². The summed E-state index contributed by atoms with van der Waals surface area (Å²) < 4.78 is 0. The molecule has 20 heavy (non-hydrogen) atoms. The van der Waals surface area contributed by atoms with Gasteiger partial charge in [0.2, 0.25) is 0 Å². The average molecular weight is 271 g/mol. The van der Waals surface area contributed by atoms with Crippen LogP contribution in [0.15, 0.2) is 29.3 Å². The van der Waals surface area contributed by atoms with Gasteiger partial charge in [-0.3, -0.25) is 4.99 Å². The maximum absolute atomic E-state index is 4.12. The lowest BCUT2D eigenvalue weighted by Gasteiger charge is -2.30. The van der Waals surface area contributed by atoms with Gasteiger partial charge in [0.15, 0.2) is 0 Å². The molecule has 1 aromatic carbocycles. The molecular formula is C19H29N. The molecule has 0 aliphatic heterocycles. The summed E-state index contributed by atoms with van der Waals surface area (Å²) in [4.78, 5) is 4.12. The number of nitrogens with zero attached hydrogens (tertiary/aromatic N) is 1. The Bertz CT molecular complexity index is 459. The summed E-state index contributed by atoms with van der Waals surface area (Å²) in [7, 11) is 0. The smallest absolute Gasteiger partial charge is 0.0694 e. The lowest BCUT2D eigenvalue weighted by molar-refractivity contribution is 0.383. The molecule has 1 atom stereocenters. The van der Waals surface area contributed by atoms with Gasteiger partial charge in [0.25, 0.3) is 0 Å². The zero-order chi connectivity index (χ0) is 15.0. The van der Waals surface area contributed by atoms with Crippen molar-refractivity contribution in [3.8, 4) is 0 Å². The number of hydrogen-bond acceptors (Lipinski definition) is 1. The largest absolute Gasteiger partial charge is 0.264 e. The lowest BCUT2D eigenvalue weighted by Crippen LogP contribution is -2.21. The molecule has 1 aromatic rings. The second kappa shape index (κ2) is 8.04. The van der Waals surface area contributed by atoms with Crippen molar-refractivity contribution in [2.24, 2.45) is 4.99 Å². The third-order valence-corrected chi connectivity index (χ3v) is 4.12. The fourth-order valence-corrected chi connectivity index (χ4v) is 2.92. The normalized spacial score (nSPS) is 14.4. The first kappa shape index (κ1) is 16.7. The Hall–Kier alpha value is -1.37. The molecule has 0 fully saturated rings. The van der Waals surface area contributed by atoms with Crippen LogP contribution in [-0.2, 0) is 5.41 Å². The van der Waals surface area contributed by atoms with Crippen molar-refractivity contribution < 1.29 is 0 Å². The Labute approximate surface area is 124 Å². The van der Waals surface area contributed by atoms with E-state index in [4.69, 9.17) is 0 Å². The maximum atomic E-state index is 4.12. The molecule has 1 heteroatoms. The van der Waals surface area contributed by atoms with E-state index in [0.29, 0.717) is 0 Å². The standard InChI is InChI=1S/C19H29N/c1-6-9-14-19(4,13-8-3)17-11-12-18(20-5)16(15-17)10-7-2/h7,10-12,15H,5-6,8-9,13-14H2,1-4H3/b10-7-. The highest BCUT2D eigenvalue weighted by atomic mass is 14.7. The van der Waals surface area contributed by atoms with Crippen molar-refractivity contribution in [1.29, 1.82) is 0 Å². The van der Waals surface area contributed by atoms with Crippen LogP contribution in [0.3, 0.4) is 0 Å². The Morgan fingerprint density at radius 1 is 1.20 bits per heavy atom. The van der Waals surface area contributed by atoms with Gasteiger partial charge in [-0.05, 0) is 49.6 Å². The highest BCUT2D eigenvalue weighted by molar-refractivity contribution is 5.67. The van der Waals surface area contributed by atoms with Crippen LogP contribution in [0.4, 0.5) is 5.69 Å². The fourth-order valence-electron chi connectivity index (χ4n) is 2.92. The van der Waals surface area contributed by atoms with Crippen LogP contribution >= 0.6 is 0 Å². The molecule has 1 nitrogen and oxygen atoms in total. The van der Waals surface area contributed by atoms with E-state index in [1.807, 2.05) is 6.92 Å². The summed E-state index contributed by atoms with van der Waals surface area (Å²) >= 11 is 0. The van der Waals surface area contributed by atoms with Crippen LogP contribution in [0.5, 0.6) is 0 Å². The first-order valence-electron chi connectivity index (χ1n) is 7.85. The first-order chi connectivity index (χ1) is 9.61. The van der Waals surface area contributed by atoms with Gasteiger partial charge in [-0.2, -0.15) is 0 Å². The molecule has 0 saturated heterocycles. The van der Waals surface area contributed by atoms with Crippen molar-refractivity contribution in [3.63, 3.8) is 0 Å². The lowest BCUT2D eigenvalue weighted by atomic mass is 9.74. The van der Waals surface area contributed by atoms with Crippen molar-refractivity contribution in [2.75, 3.05) is 0 Å². The Balaban J connectivity index is 3.19. The second-order valence-corrected chi connectivity index (χ2v) is 5.85. The predicted molar refractivity (Wildman–Crippen MR) is 92.1 cm³/mol. The predicted octanol–water partition coefficient (Wildman–Crippen LogP) is 6.30. The minimum atomic E-state index is 0.279. The van der Waals surface area contributed by atoms with Crippen molar-refractivity contribution in [2.45, 2.75) is 65.2 Å². The van der Waals surface area contributed by atoms with E-state index in [2.05, 4.69) is 62.8 Å². The third kappa shape index (κ3) is 4.06. The highest BCUT2D eigenvalue weighted by Gasteiger charge is 2.25. The molecule has 0 aromatic heterocycles. The number of hydrogen-bond donors (Lipinski definition) is 0. The van der Waals surface area contributed by atoms with Gasteiger partial charge in [-0.1, -0.05) is 58.3 Å². The Kier molecular flexibility index (Phi) is 6.70. The van der Waals surface area contributed by atoms with Crippen LogP contribution in [0, 0.1) is 0 Å². The SMILES string of the molecule is C=Nc1ccc(C(C)(CCC)CCCC)cc1/C=C\C. The van der Waals surface area contributed by atoms with Gasteiger partial charge < -0.3 is 0 Å². The van der Waals surface area contributed by atoms with E-state index in [9.17, 15) is 0 Å². The number of unbranched alkanes of at least 4 members (excludes halogenated alkanes) is 1. The summed E-state index contributed by atoms with van der Waals surface area (Å²) in [6.45, 7) is 12.7. The van der Waals surface area contributed by atoms with Crippen LogP contribution in [-0.4, -0.2) is 6.72 Å². The zero-order valence-electron chi connectivity index (χ0n) is 13.6. The molecule has 0 aliphatic carbocycles. The minimum Gasteiger partial charge on any atom is -0.264 e. The van der Waals surface area contributed by atoms with E-state index in [0.717, 1.165) is 5.69 Å². The van der Waals surface area contributed by atoms with Crippen molar-refractivity contribution in [3.05, 3.63) is 35.4 Å². The first-order valence-corrected chi connectivity index (χ1v) is 7.85. The summed E-state index contributed by atoms with van der Waals surface area (Å²) in [5.74, 6) is 0. The van der Waals surface area contributed by atoms with Gasteiger partial charge in [-0.25, -0.2) is 0 Å². The van der Waals surface area contributed by atoms with Crippen LogP contribution in [0.25, 0.3) is 6.08 Å². The molecule has 0 radical (unpaired) electrons. The van der Waals surface area contributed by atoms with Crippen LogP contribution < -0.4 is 0 Å². The molecule has 0 spiro atoms. The van der Waals surface area contributed by atoms with Gasteiger partial charge in [-0.15, -0.1) is 0 Å². The molecule has 0 heterocycles. The topological polar surface area (TPSA) is 12.4 Å². The fraction of sp³-hybridized carbons (Fsp3) is 0.526. The summed E-state index contributed by atoms with van der Waals surface area (Å²) in [6.07, 6.45) is 10.5. The Morgan fingerprint density at radius 2 is 1.95 bits per heavy atom. The van der Waals surface area contributed by atoms with Gasteiger partial charge in [0.1, 0.15) is 0 Å². The number of aliphatic imine (C=N–C) groups is 1. The van der Waals surface area contributed by atoms with Crippen molar-refractivity contribution >= 4 is 18.5 Å². The molecule has 110 valence electrons. The third-order valence-electron chi connectivity index (χ3n) is 4.12. The summed E-state index contributed by atoms with van der Waals surface area (Å²) in [6, 6.07) is 6.65. The van der Waals surface area contributed by atoms with Gasteiger partial charge >= 0.3 is 0 Å². The van der Waals surface area contributed by atoms with E-state index in [-0.39, 0.29) is 5.41 Å². The molecule has 1 unspecified atom stereocenters. The molecule has 0 N–H and O–H groups in total. The highest BCUT2D eigenvalue weighted by Crippen LogP contribution is 2.36. The molecule has 0 amide bonds. The molecular weight excluding hydrogens is 242 g/mol. The molecule has 0 aliphatic rings. The van der Waals surface area contributed by atoms with Crippen LogP contribution in [0.2, 0.25) is 0 Å².